The van der Waals surface area contributed by atoms with Gasteiger partial charge in [-0.15, -0.1) is 11.3 Å². The van der Waals surface area contributed by atoms with Crippen LogP contribution in [-0.4, -0.2) is 47.9 Å². The minimum Gasteiger partial charge on any atom is -0.334 e. The van der Waals surface area contributed by atoms with E-state index in [2.05, 4.69) is 12.2 Å². The number of anilines is 1. The maximum Gasteiger partial charge on any atom is 0.321 e. The Labute approximate surface area is 168 Å². The molecule has 0 spiro atoms. The zero-order valence-electron chi connectivity index (χ0n) is 15.6. The van der Waals surface area contributed by atoms with Crippen molar-refractivity contribution in [3.63, 3.8) is 0 Å². The van der Waals surface area contributed by atoms with E-state index in [1.807, 2.05) is 41.5 Å². The number of thiophene rings is 1. The molecule has 0 saturated carbocycles. The molecule has 27 heavy (non-hydrogen) atoms. The largest absolute Gasteiger partial charge is 0.334 e. The van der Waals surface area contributed by atoms with Crippen LogP contribution in [0, 0.1) is 0 Å². The van der Waals surface area contributed by atoms with Gasteiger partial charge < -0.3 is 15.1 Å². The molecule has 1 fully saturated rings. The van der Waals surface area contributed by atoms with Crippen molar-refractivity contribution < 1.29 is 9.59 Å². The molecule has 0 unspecified atom stereocenters. The minimum atomic E-state index is -0.134. The van der Waals surface area contributed by atoms with Crippen molar-refractivity contribution in [1.29, 1.82) is 0 Å². The van der Waals surface area contributed by atoms with Crippen molar-refractivity contribution >= 4 is 40.6 Å². The minimum absolute atomic E-state index is 0.0430. The molecular weight excluding hydrogens is 382 g/mol. The Morgan fingerprint density at radius 3 is 2.37 bits per heavy atom. The highest BCUT2D eigenvalue weighted by molar-refractivity contribution is 7.12. The number of hydrogen-bond acceptors (Lipinski definition) is 3. The fourth-order valence-electron chi connectivity index (χ4n) is 3.32. The van der Waals surface area contributed by atoms with Gasteiger partial charge in [0.25, 0.3) is 5.91 Å². The number of carbonyl (C=O) groups excluding carboxylic acids is 2. The molecule has 1 aliphatic rings. The van der Waals surface area contributed by atoms with Crippen LogP contribution in [0.25, 0.3) is 0 Å². The summed E-state index contributed by atoms with van der Waals surface area (Å²) in [5.74, 6) is 0.0430. The number of aryl methyl sites for hydroxylation is 1. The zero-order valence-corrected chi connectivity index (χ0v) is 17.2. The van der Waals surface area contributed by atoms with Gasteiger partial charge in [0.15, 0.2) is 0 Å². The van der Waals surface area contributed by atoms with Crippen LogP contribution in [0.15, 0.2) is 29.6 Å². The second-order valence-corrected chi connectivity index (χ2v) is 7.81. The number of urea groups is 1. The van der Waals surface area contributed by atoms with E-state index < -0.39 is 0 Å². The molecule has 5 nitrogen and oxygen atoms in total. The number of nitrogens with zero attached hydrogens (tertiary/aromatic N) is 2. The quantitative estimate of drug-likeness (QED) is 0.813. The first-order chi connectivity index (χ1) is 13.0. The van der Waals surface area contributed by atoms with Gasteiger partial charge in [-0.3, -0.25) is 4.79 Å². The lowest BCUT2D eigenvalue weighted by molar-refractivity contribution is 0.0676. The normalized spacial score (nSPS) is 14.3. The summed E-state index contributed by atoms with van der Waals surface area (Å²) in [5.41, 5.74) is 2.88. The molecule has 7 heteroatoms. The molecule has 144 valence electrons. The fourth-order valence-corrected chi connectivity index (χ4v) is 4.30. The highest BCUT2D eigenvalue weighted by atomic mass is 35.5. The molecule has 0 radical (unpaired) electrons. The van der Waals surface area contributed by atoms with Gasteiger partial charge in [0.1, 0.15) is 0 Å². The molecule has 1 aliphatic heterocycles. The third kappa shape index (κ3) is 4.28. The first-order valence-corrected chi connectivity index (χ1v) is 10.5. The maximum atomic E-state index is 12.8. The van der Waals surface area contributed by atoms with Gasteiger partial charge in [0.2, 0.25) is 0 Å². The molecule has 0 atom stereocenters. The van der Waals surface area contributed by atoms with Crippen molar-refractivity contribution in [2.75, 3.05) is 31.5 Å². The maximum absolute atomic E-state index is 12.8. The molecule has 3 amide bonds. The van der Waals surface area contributed by atoms with E-state index in [1.54, 1.807) is 4.90 Å². The summed E-state index contributed by atoms with van der Waals surface area (Å²) < 4.78 is 0. The van der Waals surface area contributed by atoms with Crippen molar-refractivity contribution in [2.24, 2.45) is 0 Å². The predicted molar refractivity (Wildman–Crippen MR) is 111 cm³/mol. The third-order valence-electron chi connectivity index (χ3n) is 4.89. The molecule has 0 aliphatic carbocycles. The SMILES string of the molecule is CCc1ccc(Cl)c(CC)c1NC(=O)N1CCN(C(=O)c2cccs2)CC1. The van der Waals surface area contributed by atoms with Crippen LogP contribution in [0.3, 0.4) is 0 Å². The van der Waals surface area contributed by atoms with E-state index in [0.717, 1.165) is 34.5 Å². The Morgan fingerprint density at radius 1 is 1.07 bits per heavy atom. The monoisotopic (exact) mass is 405 g/mol. The van der Waals surface area contributed by atoms with Crippen LogP contribution in [0.4, 0.5) is 10.5 Å². The number of hydrogen-bond donors (Lipinski definition) is 1. The second kappa shape index (κ2) is 8.76. The van der Waals surface area contributed by atoms with Gasteiger partial charge >= 0.3 is 6.03 Å². The number of piperazine rings is 1. The summed E-state index contributed by atoms with van der Waals surface area (Å²) in [4.78, 5) is 29.5. The standard InChI is InChI=1S/C20H24ClN3O2S/c1-3-14-7-8-16(21)15(4-2)18(14)22-20(26)24-11-9-23(10-12-24)19(25)17-6-5-13-27-17/h5-8,13H,3-4,9-12H2,1-2H3,(H,22,26). The number of benzene rings is 1. The number of rotatable bonds is 4. The van der Waals surface area contributed by atoms with E-state index in [1.165, 1.54) is 11.3 Å². The van der Waals surface area contributed by atoms with Gasteiger partial charge in [-0.1, -0.05) is 37.6 Å². The van der Waals surface area contributed by atoms with Crippen molar-refractivity contribution in [1.82, 2.24) is 9.80 Å². The highest BCUT2D eigenvalue weighted by Crippen LogP contribution is 2.30. The van der Waals surface area contributed by atoms with Gasteiger partial charge in [-0.2, -0.15) is 0 Å². The fraction of sp³-hybridized carbons (Fsp3) is 0.400. The Hall–Kier alpha value is -2.05. The Morgan fingerprint density at radius 2 is 1.78 bits per heavy atom. The number of amides is 3. The predicted octanol–water partition coefficient (Wildman–Crippen LogP) is 4.52. The first kappa shape index (κ1) is 19.7. The summed E-state index contributed by atoms with van der Waals surface area (Å²) in [5, 5.41) is 5.64. The number of nitrogens with one attached hydrogen (secondary N) is 1. The smallest absolute Gasteiger partial charge is 0.321 e. The molecule has 3 rings (SSSR count). The summed E-state index contributed by atoms with van der Waals surface area (Å²) >= 11 is 7.77. The highest BCUT2D eigenvalue weighted by Gasteiger charge is 2.26. The Balaban J connectivity index is 1.65. The number of carbonyl (C=O) groups is 2. The van der Waals surface area contributed by atoms with Gasteiger partial charge in [0, 0.05) is 31.2 Å². The summed E-state index contributed by atoms with van der Waals surface area (Å²) in [6.45, 7) is 6.22. The van der Waals surface area contributed by atoms with Gasteiger partial charge in [-0.25, -0.2) is 4.79 Å². The molecule has 0 bridgehead atoms. The Bertz CT molecular complexity index is 815. The van der Waals surface area contributed by atoms with Crippen molar-refractivity contribution in [3.8, 4) is 0 Å². The van der Waals surface area contributed by atoms with Crippen LogP contribution < -0.4 is 5.32 Å². The lowest BCUT2D eigenvalue weighted by Gasteiger charge is -2.34. The average Bonchev–Trinajstić information content (AvgIpc) is 3.23. The Kier molecular flexibility index (Phi) is 6.39. The van der Waals surface area contributed by atoms with Crippen LogP contribution in [0.1, 0.15) is 34.6 Å². The van der Waals surface area contributed by atoms with Crippen molar-refractivity contribution in [2.45, 2.75) is 26.7 Å². The molecule has 2 heterocycles. The van der Waals surface area contributed by atoms with E-state index >= 15 is 0 Å². The van der Waals surface area contributed by atoms with Crippen LogP contribution in [0.2, 0.25) is 5.02 Å². The summed E-state index contributed by atoms with van der Waals surface area (Å²) in [6.07, 6.45) is 1.58. The molecule has 2 aromatic rings. The zero-order chi connectivity index (χ0) is 19.4. The first-order valence-electron chi connectivity index (χ1n) is 9.24. The van der Waals surface area contributed by atoms with E-state index in [0.29, 0.717) is 31.2 Å². The molecule has 1 saturated heterocycles. The molecule has 1 N–H and O–H groups in total. The lowest BCUT2D eigenvalue weighted by atomic mass is 10.0. The van der Waals surface area contributed by atoms with Gasteiger partial charge in [-0.05, 0) is 41.5 Å². The number of halogens is 1. The summed E-state index contributed by atoms with van der Waals surface area (Å²) in [6, 6.07) is 7.44. The molecular formula is C20H24ClN3O2S. The molecule has 1 aromatic heterocycles. The lowest BCUT2D eigenvalue weighted by Crippen LogP contribution is -2.51. The second-order valence-electron chi connectivity index (χ2n) is 6.45. The van der Waals surface area contributed by atoms with Crippen LogP contribution in [-0.2, 0) is 12.8 Å². The third-order valence-corrected chi connectivity index (χ3v) is 6.11. The van der Waals surface area contributed by atoms with E-state index in [-0.39, 0.29) is 11.9 Å². The van der Waals surface area contributed by atoms with Crippen LogP contribution >= 0.6 is 22.9 Å². The molecule has 1 aromatic carbocycles. The van der Waals surface area contributed by atoms with E-state index in [4.69, 9.17) is 11.6 Å². The van der Waals surface area contributed by atoms with Crippen LogP contribution in [0.5, 0.6) is 0 Å². The van der Waals surface area contributed by atoms with Gasteiger partial charge in [0.05, 0.1) is 10.6 Å². The summed E-state index contributed by atoms with van der Waals surface area (Å²) in [7, 11) is 0. The average molecular weight is 406 g/mol. The topological polar surface area (TPSA) is 52.7 Å². The van der Waals surface area contributed by atoms with Crippen molar-refractivity contribution in [3.05, 3.63) is 50.7 Å². The van der Waals surface area contributed by atoms with E-state index in [9.17, 15) is 9.59 Å².